The summed E-state index contributed by atoms with van der Waals surface area (Å²) in [6.45, 7) is 8.90. The molecule has 0 N–H and O–H groups in total. The third kappa shape index (κ3) is 5.19. The third-order valence-electron chi connectivity index (χ3n) is 7.38. The fourth-order valence-corrected chi connectivity index (χ4v) is 5.15. The molecule has 0 bridgehead atoms. The van der Waals surface area contributed by atoms with Gasteiger partial charge in [-0.25, -0.2) is 4.68 Å². The lowest BCUT2D eigenvalue weighted by molar-refractivity contribution is -0.385. The van der Waals surface area contributed by atoms with Crippen molar-refractivity contribution in [2.45, 2.75) is 39.3 Å². The zero-order valence-corrected chi connectivity index (χ0v) is 21.9. The Morgan fingerprint density at radius 3 is 2.79 bits per heavy atom. The highest BCUT2D eigenvalue weighted by Crippen LogP contribution is 2.33. The number of carbonyl (C=O) groups is 1. The topological polar surface area (TPSA) is 93.7 Å². The van der Waals surface area contributed by atoms with Crippen LogP contribution in [-0.4, -0.2) is 57.2 Å². The fourth-order valence-electron chi connectivity index (χ4n) is 5.15. The number of benzene rings is 2. The van der Waals surface area contributed by atoms with Crippen LogP contribution in [0.15, 0.2) is 55.1 Å². The van der Waals surface area contributed by atoms with Crippen LogP contribution in [0, 0.1) is 23.0 Å². The number of nitrogens with zero attached hydrogens (tertiary/aromatic N) is 5. The van der Waals surface area contributed by atoms with Crippen molar-refractivity contribution in [2.75, 3.05) is 26.7 Å². The first-order chi connectivity index (χ1) is 18.4. The van der Waals surface area contributed by atoms with Gasteiger partial charge in [-0.05, 0) is 43.9 Å². The molecule has 0 unspecified atom stereocenters. The number of carbonyl (C=O) groups excluding carboxylic acids is 1. The Morgan fingerprint density at radius 1 is 1.29 bits per heavy atom. The second-order valence-corrected chi connectivity index (χ2v) is 10.1. The van der Waals surface area contributed by atoms with Crippen LogP contribution in [0.4, 0.5) is 5.69 Å². The zero-order chi connectivity index (χ0) is 26.8. The van der Waals surface area contributed by atoms with Gasteiger partial charge in [0.1, 0.15) is 11.4 Å². The van der Waals surface area contributed by atoms with Crippen LogP contribution < -0.4 is 4.74 Å². The van der Waals surface area contributed by atoms with E-state index in [1.54, 1.807) is 26.2 Å². The van der Waals surface area contributed by atoms with Crippen molar-refractivity contribution in [2.24, 2.45) is 5.92 Å². The molecule has 198 valence electrons. The Balaban J connectivity index is 1.54. The Kier molecular flexibility index (Phi) is 7.28. The summed E-state index contributed by atoms with van der Waals surface area (Å²) in [4.78, 5) is 29.0. The van der Waals surface area contributed by atoms with Gasteiger partial charge in [0.2, 0.25) is 0 Å². The van der Waals surface area contributed by atoms with Crippen molar-refractivity contribution in [3.63, 3.8) is 0 Å². The summed E-state index contributed by atoms with van der Waals surface area (Å²) in [7, 11) is 1.65. The van der Waals surface area contributed by atoms with Crippen LogP contribution in [0.25, 0.3) is 5.69 Å². The smallest absolute Gasteiger partial charge is 0.273 e. The van der Waals surface area contributed by atoms with Gasteiger partial charge in [-0.1, -0.05) is 24.3 Å². The van der Waals surface area contributed by atoms with E-state index in [0.717, 1.165) is 60.7 Å². The van der Waals surface area contributed by atoms with Gasteiger partial charge in [0.15, 0.2) is 0 Å². The Morgan fingerprint density at radius 2 is 2.08 bits per heavy atom. The van der Waals surface area contributed by atoms with E-state index >= 15 is 0 Å². The minimum absolute atomic E-state index is 0.0416. The van der Waals surface area contributed by atoms with E-state index in [9.17, 15) is 14.9 Å². The molecular formula is C29H33N5O4. The monoisotopic (exact) mass is 515 g/mol. The molecule has 0 saturated heterocycles. The molecule has 0 atom stereocenters. The molecule has 1 fully saturated rings. The number of aryl methyl sites for hydroxylation is 1. The maximum absolute atomic E-state index is 13.7. The predicted octanol–water partition coefficient (Wildman–Crippen LogP) is 4.69. The molecule has 1 amide bonds. The number of ether oxygens (including phenoxy) is 1. The van der Waals surface area contributed by atoms with Gasteiger partial charge in [-0.3, -0.25) is 19.8 Å². The molecule has 1 saturated carbocycles. The summed E-state index contributed by atoms with van der Waals surface area (Å²) in [5.41, 5.74) is 4.77. The molecule has 38 heavy (non-hydrogen) atoms. The normalized spacial score (nSPS) is 15.1. The third-order valence-corrected chi connectivity index (χ3v) is 7.38. The molecule has 5 rings (SSSR count). The van der Waals surface area contributed by atoms with E-state index in [0.29, 0.717) is 36.7 Å². The highest BCUT2D eigenvalue weighted by molar-refractivity contribution is 5.95. The van der Waals surface area contributed by atoms with Gasteiger partial charge in [-0.2, -0.15) is 5.10 Å². The number of hydrogen-bond donors (Lipinski definition) is 0. The van der Waals surface area contributed by atoms with Crippen LogP contribution in [0.2, 0.25) is 0 Å². The number of rotatable bonds is 10. The molecule has 9 nitrogen and oxygen atoms in total. The van der Waals surface area contributed by atoms with E-state index in [-0.39, 0.29) is 11.6 Å². The van der Waals surface area contributed by atoms with Crippen molar-refractivity contribution >= 4 is 11.6 Å². The minimum atomic E-state index is -0.434. The molecule has 2 aliphatic rings. The quantitative estimate of drug-likeness (QED) is 0.221. The van der Waals surface area contributed by atoms with Gasteiger partial charge < -0.3 is 9.64 Å². The highest BCUT2D eigenvalue weighted by Gasteiger charge is 2.32. The van der Waals surface area contributed by atoms with Gasteiger partial charge in [0, 0.05) is 55.4 Å². The second kappa shape index (κ2) is 10.8. The average Bonchev–Trinajstić information content (AvgIpc) is 3.68. The lowest BCUT2D eigenvalue weighted by atomic mass is 10.0. The molecule has 1 aliphatic heterocycles. The van der Waals surface area contributed by atoms with E-state index < -0.39 is 4.92 Å². The standard InChI is InChI=1S/C29H33N5O4/c1-4-14-31-15-13-25-23(18-31)24(30-33(25)26-7-5-6-8-28(26)38-3)19-32(17-21-10-11-21)29(35)22-12-9-20(2)27(16-22)34(36)37/h4-9,12,16,21H,1,10-11,13-15,17-19H2,2-3H3. The Hall–Kier alpha value is -3.98. The maximum atomic E-state index is 13.7. The lowest BCUT2D eigenvalue weighted by Crippen LogP contribution is -2.34. The largest absolute Gasteiger partial charge is 0.494 e. The minimum Gasteiger partial charge on any atom is -0.494 e. The first kappa shape index (κ1) is 25.7. The van der Waals surface area contributed by atoms with E-state index in [2.05, 4.69) is 11.5 Å². The summed E-state index contributed by atoms with van der Waals surface area (Å²) in [6.07, 6.45) is 4.88. The van der Waals surface area contributed by atoms with Gasteiger partial charge in [0.25, 0.3) is 11.6 Å². The molecule has 9 heteroatoms. The van der Waals surface area contributed by atoms with E-state index in [4.69, 9.17) is 9.84 Å². The number of nitro groups is 1. The van der Waals surface area contributed by atoms with Crippen molar-refractivity contribution < 1.29 is 14.5 Å². The van der Waals surface area contributed by atoms with E-state index in [1.165, 1.54) is 6.07 Å². The van der Waals surface area contributed by atoms with Gasteiger partial charge in [-0.15, -0.1) is 6.58 Å². The highest BCUT2D eigenvalue weighted by atomic mass is 16.6. The number of para-hydroxylation sites is 2. The number of methoxy groups -OCH3 is 1. The van der Waals surface area contributed by atoms with Crippen molar-refractivity contribution in [1.82, 2.24) is 19.6 Å². The summed E-state index contributed by atoms with van der Waals surface area (Å²) in [5, 5.41) is 16.6. The molecule has 1 aromatic heterocycles. The van der Waals surface area contributed by atoms with Gasteiger partial charge in [0.05, 0.1) is 30.0 Å². The Labute approximate surface area is 222 Å². The molecule has 0 spiro atoms. The lowest BCUT2D eigenvalue weighted by Gasteiger charge is -2.28. The first-order valence-corrected chi connectivity index (χ1v) is 13.0. The number of aromatic nitrogens is 2. The summed E-state index contributed by atoms with van der Waals surface area (Å²) in [5.74, 6) is 0.971. The summed E-state index contributed by atoms with van der Waals surface area (Å²) in [6, 6.07) is 12.5. The molecule has 1 aliphatic carbocycles. The fraction of sp³-hybridized carbons (Fsp3) is 0.379. The van der Waals surface area contributed by atoms with Crippen LogP contribution >= 0.6 is 0 Å². The van der Waals surface area contributed by atoms with Crippen molar-refractivity contribution in [3.8, 4) is 11.4 Å². The van der Waals surface area contributed by atoms with E-state index in [1.807, 2.05) is 39.9 Å². The summed E-state index contributed by atoms with van der Waals surface area (Å²) < 4.78 is 7.60. The Bertz CT molecular complexity index is 1380. The van der Waals surface area contributed by atoms with Crippen LogP contribution in [-0.2, 0) is 19.5 Å². The molecule has 0 radical (unpaired) electrons. The molecule has 3 aromatic rings. The number of fused-ring (bicyclic) bond motifs is 1. The predicted molar refractivity (Wildman–Crippen MR) is 145 cm³/mol. The maximum Gasteiger partial charge on any atom is 0.273 e. The number of amides is 1. The average molecular weight is 516 g/mol. The zero-order valence-electron chi connectivity index (χ0n) is 21.9. The van der Waals surface area contributed by atoms with Gasteiger partial charge >= 0.3 is 0 Å². The first-order valence-electron chi connectivity index (χ1n) is 13.0. The van der Waals surface area contributed by atoms with Crippen LogP contribution in [0.5, 0.6) is 5.75 Å². The second-order valence-electron chi connectivity index (χ2n) is 10.1. The molecule has 2 heterocycles. The van der Waals surface area contributed by atoms with Crippen LogP contribution in [0.1, 0.15) is 45.7 Å². The SMILES string of the molecule is C=CCN1CCc2c(c(CN(CC3CC3)C(=O)c3ccc(C)c([N+](=O)[O-])c3)nn2-c2ccccc2OC)C1. The molecular weight excluding hydrogens is 482 g/mol. The molecule has 2 aromatic carbocycles. The number of hydrogen-bond acceptors (Lipinski definition) is 6. The number of nitro benzene ring substituents is 1. The van der Waals surface area contributed by atoms with Crippen molar-refractivity contribution in [1.29, 1.82) is 0 Å². The van der Waals surface area contributed by atoms with Crippen LogP contribution in [0.3, 0.4) is 0 Å². The summed E-state index contributed by atoms with van der Waals surface area (Å²) >= 11 is 0. The van der Waals surface area contributed by atoms with Crippen molar-refractivity contribution in [3.05, 3.63) is 93.3 Å².